The van der Waals surface area contributed by atoms with E-state index >= 15 is 0 Å². The minimum Gasteiger partial charge on any atom is -0.494 e. The molecule has 0 aliphatic carbocycles. The van der Waals surface area contributed by atoms with Crippen LogP contribution in [-0.4, -0.2) is 18.3 Å². The highest BCUT2D eigenvalue weighted by atomic mass is 16.5. The Balaban J connectivity index is 3.08. The number of ether oxygens (including phenoxy) is 1. The van der Waals surface area contributed by atoms with E-state index in [0.717, 1.165) is 17.2 Å². The first-order valence-electron chi connectivity index (χ1n) is 4.83. The zero-order valence-electron chi connectivity index (χ0n) is 8.95. The predicted molar refractivity (Wildman–Crippen MR) is 57.4 cm³/mol. The molecule has 0 aromatic heterocycles. The number of benzene rings is 1. The van der Waals surface area contributed by atoms with Gasteiger partial charge in [-0.25, -0.2) is 0 Å². The molecule has 1 aromatic carbocycles. The predicted octanol–water partition coefficient (Wildman–Crippen LogP) is 1.89. The molecule has 3 heteroatoms. The van der Waals surface area contributed by atoms with Crippen LogP contribution in [0.4, 0.5) is 0 Å². The number of rotatable bonds is 4. The minimum atomic E-state index is -0.0513. The Hall–Kier alpha value is -1.53. The van der Waals surface area contributed by atoms with Crippen molar-refractivity contribution in [3.05, 3.63) is 35.2 Å². The molecule has 0 saturated carbocycles. The van der Waals surface area contributed by atoms with Crippen LogP contribution >= 0.6 is 0 Å². The number of nitriles is 1. The molecule has 79 valence electrons. The minimum absolute atomic E-state index is 0.0513. The Morgan fingerprint density at radius 1 is 1.53 bits per heavy atom. The zero-order valence-corrected chi connectivity index (χ0v) is 8.95. The van der Waals surface area contributed by atoms with Crippen molar-refractivity contribution in [2.45, 2.75) is 13.8 Å². The lowest BCUT2D eigenvalue weighted by Crippen LogP contribution is -2.03. The van der Waals surface area contributed by atoms with Crippen molar-refractivity contribution in [1.82, 2.24) is 0 Å². The van der Waals surface area contributed by atoms with Crippen molar-refractivity contribution in [2.24, 2.45) is 0 Å². The molecule has 0 unspecified atom stereocenters. The van der Waals surface area contributed by atoms with E-state index in [-0.39, 0.29) is 6.61 Å². The van der Waals surface area contributed by atoms with E-state index in [0.29, 0.717) is 12.2 Å². The molecule has 1 N–H and O–H groups in total. The van der Waals surface area contributed by atoms with Crippen LogP contribution in [0.1, 0.15) is 25.0 Å². The fourth-order valence-corrected chi connectivity index (χ4v) is 1.32. The monoisotopic (exact) mass is 204 g/mol. The van der Waals surface area contributed by atoms with E-state index in [9.17, 15) is 0 Å². The van der Waals surface area contributed by atoms with Crippen LogP contribution in [0.2, 0.25) is 0 Å². The van der Waals surface area contributed by atoms with Crippen LogP contribution in [0.3, 0.4) is 0 Å². The lowest BCUT2D eigenvalue weighted by atomic mass is 9.97. The average Bonchev–Trinajstić information content (AvgIpc) is 2.28. The van der Waals surface area contributed by atoms with Crippen molar-refractivity contribution >= 4 is 0 Å². The molecule has 0 spiro atoms. The topological polar surface area (TPSA) is 53.2 Å². The largest absolute Gasteiger partial charge is 0.494 e. The van der Waals surface area contributed by atoms with E-state index in [1.807, 2.05) is 6.92 Å². The van der Waals surface area contributed by atoms with E-state index < -0.39 is 0 Å². The van der Waals surface area contributed by atoms with Gasteiger partial charge < -0.3 is 9.84 Å². The summed E-state index contributed by atoms with van der Waals surface area (Å²) in [5, 5.41) is 17.9. The maximum absolute atomic E-state index is 9.04. The van der Waals surface area contributed by atoms with Gasteiger partial charge in [0, 0.05) is 5.92 Å². The molecule has 1 rings (SSSR count). The van der Waals surface area contributed by atoms with Gasteiger partial charge in [0.2, 0.25) is 0 Å². The second kappa shape index (κ2) is 5.38. The number of aliphatic hydroxyl groups excluding tert-OH is 1. The van der Waals surface area contributed by atoms with Gasteiger partial charge >= 0.3 is 0 Å². The number of aliphatic hydroxyl groups is 1. The molecule has 15 heavy (non-hydrogen) atoms. The second-order valence-corrected chi connectivity index (χ2v) is 3.19. The summed E-state index contributed by atoms with van der Waals surface area (Å²) in [6.07, 6.45) is 0. The Labute approximate surface area is 89.9 Å². The quantitative estimate of drug-likeness (QED) is 0.814. The first-order valence-corrected chi connectivity index (χ1v) is 4.83. The smallest absolute Gasteiger partial charge is 0.119 e. The van der Waals surface area contributed by atoms with Gasteiger partial charge in [0.1, 0.15) is 5.75 Å². The van der Waals surface area contributed by atoms with Crippen LogP contribution in [0.15, 0.2) is 18.2 Å². The van der Waals surface area contributed by atoms with Crippen LogP contribution in [0.25, 0.3) is 0 Å². The summed E-state index contributed by atoms with van der Waals surface area (Å²) in [7, 11) is 0. The molecule has 3 nitrogen and oxygen atoms in total. The maximum Gasteiger partial charge on any atom is 0.119 e. The summed E-state index contributed by atoms with van der Waals surface area (Å²) in [5.74, 6) is 1.49. The lowest BCUT2D eigenvalue weighted by molar-refractivity contribution is 0.314. The number of nitrogens with zero attached hydrogens (tertiary/aromatic N) is 1. The Morgan fingerprint density at radius 3 is 2.80 bits per heavy atom. The van der Waals surface area contributed by atoms with Gasteiger partial charge in [0.15, 0.2) is 0 Å². The van der Waals surface area contributed by atoms with Crippen molar-refractivity contribution < 1.29 is 9.84 Å². The van der Waals surface area contributed by atoms with E-state index in [1.54, 1.807) is 25.1 Å². The highest BCUT2D eigenvalue weighted by molar-refractivity contribution is 5.49. The van der Waals surface area contributed by atoms with Gasteiger partial charge in [-0.1, -0.05) is 6.92 Å². The molecular formula is C12H14NO2. The Bertz CT molecular complexity index is 368. The highest BCUT2D eigenvalue weighted by Gasteiger charge is 2.11. The van der Waals surface area contributed by atoms with Gasteiger partial charge in [-0.2, -0.15) is 5.26 Å². The summed E-state index contributed by atoms with van der Waals surface area (Å²) in [5.41, 5.74) is 1.32. The molecule has 0 aliphatic heterocycles. The zero-order chi connectivity index (χ0) is 11.3. The first-order chi connectivity index (χ1) is 7.22. The van der Waals surface area contributed by atoms with Gasteiger partial charge in [-0.3, -0.25) is 0 Å². The molecule has 0 saturated heterocycles. The third-order valence-corrected chi connectivity index (χ3v) is 2.12. The van der Waals surface area contributed by atoms with Crippen LogP contribution < -0.4 is 4.74 Å². The van der Waals surface area contributed by atoms with E-state index in [2.05, 4.69) is 6.07 Å². The van der Waals surface area contributed by atoms with Crippen molar-refractivity contribution in [2.75, 3.05) is 13.2 Å². The molecular weight excluding hydrogens is 190 g/mol. The molecule has 1 radical (unpaired) electrons. The summed E-state index contributed by atoms with van der Waals surface area (Å²) in [4.78, 5) is 0. The fourth-order valence-electron chi connectivity index (χ4n) is 1.32. The van der Waals surface area contributed by atoms with Crippen LogP contribution in [0, 0.1) is 17.2 Å². The third kappa shape index (κ3) is 2.71. The van der Waals surface area contributed by atoms with Crippen molar-refractivity contribution in [1.29, 1.82) is 5.26 Å². The Kier molecular flexibility index (Phi) is 4.14. The lowest BCUT2D eigenvalue weighted by Gasteiger charge is -2.11. The summed E-state index contributed by atoms with van der Waals surface area (Å²) in [6.45, 7) is 4.24. The highest BCUT2D eigenvalue weighted by Crippen LogP contribution is 2.23. The number of hydrogen-bond acceptors (Lipinski definition) is 3. The summed E-state index contributed by atoms with van der Waals surface area (Å²) >= 11 is 0. The van der Waals surface area contributed by atoms with Gasteiger partial charge in [0.05, 0.1) is 24.8 Å². The second-order valence-electron chi connectivity index (χ2n) is 3.19. The Morgan fingerprint density at radius 2 is 2.27 bits per heavy atom. The molecule has 0 fully saturated rings. The molecule has 1 aromatic rings. The fraction of sp³-hybridized carbons (Fsp3) is 0.333. The molecule has 0 heterocycles. The standard InChI is InChI=1S/C12H14NO2/c1-3-15-11-5-4-10(7-13)12(6-11)9(2)8-14/h4-6,14H,3,8H2,1-2H3. The van der Waals surface area contributed by atoms with Gasteiger partial charge in [-0.15, -0.1) is 0 Å². The van der Waals surface area contributed by atoms with Gasteiger partial charge in [-0.05, 0) is 30.7 Å². The molecule has 0 aliphatic rings. The first kappa shape index (κ1) is 11.5. The van der Waals surface area contributed by atoms with Crippen molar-refractivity contribution in [3.8, 4) is 11.8 Å². The van der Waals surface area contributed by atoms with Crippen LogP contribution in [0.5, 0.6) is 5.75 Å². The van der Waals surface area contributed by atoms with Gasteiger partial charge in [0.25, 0.3) is 0 Å². The summed E-state index contributed by atoms with van der Waals surface area (Å²) < 4.78 is 5.34. The summed E-state index contributed by atoms with van der Waals surface area (Å²) in [6, 6.07) is 7.35. The van der Waals surface area contributed by atoms with Crippen molar-refractivity contribution in [3.63, 3.8) is 0 Å². The normalized spacial score (nSPS) is 10.1. The third-order valence-electron chi connectivity index (χ3n) is 2.12. The maximum atomic E-state index is 9.04. The average molecular weight is 204 g/mol. The molecule has 0 amide bonds. The van der Waals surface area contributed by atoms with Crippen LogP contribution in [-0.2, 0) is 0 Å². The van der Waals surface area contributed by atoms with E-state index in [1.165, 1.54) is 0 Å². The SMILES string of the molecule is CCOc1ccc(C#N)c([C](C)CO)c1. The number of hydrogen-bond donors (Lipinski definition) is 1. The molecule has 0 atom stereocenters. The molecule has 0 bridgehead atoms. The van der Waals surface area contributed by atoms with E-state index in [4.69, 9.17) is 15.1 Å².